The van der Waals surface area contributed by atoms with Gasteiger partial charge in [0.25, 0.3) is 0 Å². The van der Waals surface area contributed by atoms with Gasteiger partial charge in [0.15, 0.2) is 0 Å². The predicted molar refractivity (Wildman–Crippen MR) is 130 cm³/mol. The summed E-state index contributed by atoms with van der Waals surface area (Å²) >= 11 is 0. The summed E-state index contributed by atoms with van der Waals surface area (Å²) in [5.41, 5.74) is 2.31. The van der Waals surface area contributed by atoms with Gasteiger partial charge in [-0.15, -0.1) is 0 Å². The van der Waals surface area contributed by atoms with Crippen LogP contribution in [0.15, 0.2) is 11.6 Å². The van der Waals surface area contributed by atoms with E-state index in [0.717, 1.165) is 37.0 Å². The Bertz CT molecular complexity index is 668. The first-order chi connectivity index (χ1) is 14.6. The van der Waals surface area contributed by atoms with Gasteiger partial charge in [0.05, 0.1) is 12.2 Å². The van der Waals surface area contributed by atoms with Crippen molar-refractivity contribution in [2.45, 2.75) is 118 Å². The van der Waals surface area contributed by atoms with Gasteiger partial charge in [-0.1, -0.05) is 59.6 Å². The fraction of sp³-hybridized carbons (Fsp3) is 0.931. The highest BCUT2D eigenvalue weighted by Gasteiger charge is 2.59. The highest BCUT2D eigenvalue weighted by Crippen LogP contribution is 2.67. The maximum atomic E-state index is 11.3. The third-order valence-electron chi connectivity index (χ3n) is 11.4. The summed E-state index contributed by atoms with van der Waals surface area (Å²) < 4.78 is 0. The highest BCUT2D eigenvalue weighted by molar-refractivity contribution is 5.25. The third-order valence-corrected chi connectivity index (χ3v) is 11.4. The molecule has 3 fully saturated rings. The molecule has 2 nitrogen and oxygen atoms in total. The van der Waals surface area contributed by atoms with Crippen molar-refractivity contribution < 1.29 is 10.2 Å². The molecule has 2 heteroatoms. The van der Waals surface area contributed by atoms with E-state index in [1.54, 1.807) is 5.57 Å². The molecule has 10 atom stereocenters. The lowest BCUT2D eigenvalue weighted by Crippen LogP contribution is -2.51. The largest absolute Gasteiger partial charge is 0.393 e. The predicted octanol–water partition coefficient (Wildman–Crippen LogP) is 7.00. The standard InChI is InChI=1S/C29H50O2/c1-7-20(18(2)3)16-27(31)19(4)24-10-11-25-23-9-8-21-17-22(30)12-14-28(21,5)26(23)13-15-29(24,25)6/h8,18-20,22-27,30-31H,7,9-17H2,1-6H3/t19-,20+,22-,23?,24?,25?,26?,27+,28-,29+/m0/s1. The van der Waals surface area contributed by atoms with Gasteiger partial charge in [0.2, 0.25) is 0 Å². The smallest absolute Gasteiger partial charge is 0.0577 e. The zero-order chi connectivity index (χ0) is 22.6. The van der Waals surface area contributed by atoms with Gasteiger partial charge in [0.1, 0.15) is 0 Å². The molecule has 0 aromatic heterocycles. The molecule has 0 spiro atoms. The lowest BCUT2D eigenvalue weighted by Gasteiger charge is -2.58. The second-order valence-electron chi connectivity index (χ2n) is 13.0. The molecule has 0 saturated heterocycles. The molecule has 0 bridgehead atoms. The zero-order valence-corrected chi connectivity index (χ0v) is 21.2. The molecule has 0 aliphatic heterocycles. The molecule has 4 rings (SSSR count). The van der Waals surface area contributed by atoms with Crippen molar-refractivity contribution in [3.63, 3.8) is 0 Å². The number of rotatable bonds is 6. The minimum absolute atomic E-state index is 0.110. The Labute approximate surface area is 192 Å². The summed E-state index contributed by atoms with van der Waals surface area (Å²) in [5.74, 6) is 4.82. The Morgan fingerprint density at radius 2 is 1.77 bits per heavy atom. The van der Waals surface area contributed by atoms with Crippen molar-refractivity contribution in [3.8, 4) is 0 Å². The lowest BCUT2D eigenvalue weighted by atomic mass is 9.47. The molecule has 0 amide bonds. The molecular formula is C29H50O2. The first kappa shape index (κ1) is 23.8. The van der Waals surface area contributed by atoms with E-state index in [0.29, 0.717) is 34.5 Å². The molecule has 0 radical (unpaired) electrons. The molecular weight excluding hydrogens is 380 g/mol. The SMILES string of the molecule is CC[C@H](C[C@@H](O)[C@@H](C)C1CCC2C3CC=C4C[C@@H](O)CC[C@]4(C)C3CC[C@@]21C)C(C)C. The zero-order valence-electron chi connectivity index (χ0n) is 21.2. The number of aliphatic hydroxyl groups excluding tert-OH is 2. The maximum absolute atomic E-state index is 11.3. The van der Waals surface area contributed by atoms with Crippen LogP contribution in [-0.2, 0) is 0 Å². The number of allylic oxidation sites excluding steroid dienone is 1. The Balaban J connectivity index is 1.50. The van der Waals surface area contributed by atoms with Gasteiger partial charge >= 0.3 is 0 Å². The van der Waals surface area contributed by atoms with Gasteiger partial charge < -0.3 is 10.2 Å². The maximum Gasteiger partial charge on any atom is 0.0577 e. The monoisotopic (exact) mass is 430 g/mol. The van der Waals surface area contributed by atoms with Crippen molar-refractivity contribution in [2.24, 2.45) is 52.3 Å². The number of fused-ring (bicyclic) bond motifs is 5. The van der Waals surface area contributed by atoms with Gasteiger partial charge in [-0.25, -0.2) is 0 Å². The van der Waals surface area contributed by atoms with Crippen molar-refractivity contribution >= 4 is 0 Å². The Hall–Kier alpha value is -0.340. The summed E-state index contributed by atoms with van der Waals surface area (Å²) in [6.07, 6.45) is 14.1. The van der Waals surface area contributed by atoms with Crippen molar-refractivity contribution in [3.05, 3.63) is 11.6 Å². The summed E-state index contributed by atoms with van der Waals surface area (Å²) in [6.45, 7) is 14.4. The second-order valence-corrected chi connectivity index (χ2v) is 13.0. The van der Waals surface area contributed by atoms with Crippen LogP contribution in [0.1, 0.15) is 106 Å². The molecule has 0 aromatic rings. The summed E-state index contributed by atoms with van der Waals surface area (Å²) in [6, 6.07) is 0. The van der Waals surface area contributed by atoms with Crippen LogP contribution in [0, 0.1) is 52.3 Å². The van der Waals surface area contributed by atoms with Crippen LogP contribution >= 0.6 is 0 Å². The molecule has 0 aromatic carbocycles. The van der Waals surface area contributed by atoms with Gasteiger partial charge in [-0.3, -0.25) is 0 Å². The molecule has 31 heavy (non-hydrogen) atoms. The van der Waals surface area contributed by atoms with Gasteiger partial charge in [-0.2, -0.15) is 0 Å². The molecule has 2 N–H and O–H groups in total. The minimum Gasteiger partial charge on any atom is -0.393 e. The van der Waals surface area contributed by atoms with Crippen LogP contribution in [0.2, 0.25) is 0 Å². The van der Waals surface area contributed by atoms with Gasteiger partial charge in [0, 0.05) is 0 Å². The van der Waals surface area contributed by atoms with E-state index in [4.69, 9.17) is 0 Å². The van der Waals surface area contributed by atoms with Gasteiger partial charge in [-0.05, 0) is 110 Å². The fourth-order valence-electron chi connectivity index (χ4n) is 9.25. The molecule has 4 aliphatic rings. The molecule has 178 valence electrons. The van der Waals surface area contributed by atoms with Crippen LogP contribution in [0.25, 0.3) is 0 Å². The first-order valence-electron chi connectivity index (χ1n) is 13.7. The van der Waals surface area contributed by atoms with Crippen LogP contribution < -0.4 is 0 Å². The van der Waals surface area contributed by atoms with Crippen LogP contribution in [0.5, 0.6) is 0 Å². The van der Waals surface area contributed by atoms with E-state index in [2.05, 4.69) is 47.6 Å². The lowest BCUT2D eigenvalue weighted by molar-refractivity contribution is -0.0696. The van der Waals surface area contributed by atoms with Crippen molar-refractivity contribution in [2.75, 3.05) is 0 Å². The van der Waals surface area contributed by atoms with Crippen LogP contribution in [0.3, 0.4) is 0 Å². The summed E-state index contributed by atoms with van der Waals surface area (Å²) in [5, 5.41) is 21.5. The first-order valence-corrected chi connectivity index (χ1v) is 13.7. The van der Waals surface area contributed by atoms with Crippen LogP contribution in [0.4, 0.5) is 0 Å². The number of hydrogen-bond acceptors (Lipinski definition) is 2. The Kier molecular flexibility index (Phi) is 6.75. The highest BCUT2D eigenvalue weighted by atomic mass is 16.3. The summed E-state index contributed by atoms with van der Waals surface area (Å²) in [7, 11) is 0. The van der Waals surface area contributed by atoms with E-state index in [1.807, 2.05) is 0 Å². The molecule has 4 aliphatic carbocycles. The van der Waals surface area contributed by atoms with E-state index in [1.165, 1.54) is 44.9 Å². The topological polar surface area (TPSA) is 40.5 Å². The average Bonchev–Trinajstić information content (AvgIpc) is 3.08. The van der Waals surface area contributed by atoms with E-state index in [9.17, 15) is 10.2 Å². The normalized spacial score (nSPS) is 45.3. The number of hydrogen-bond donors (Lipinski definition) is 2. The molecule has 0 heterocycles. The minimum atomic E-state index is -0.152. The molecule has 4 unspecified atom stereocenters. The van der Waals surface area contributed by atoms with Crippen molar-refractivity contribution in [1.82, 2.24) is 0 Å². The molecule has 3 saturated carbocycles. The quantitative estimate of drug-likeness (QED) is 0.446. The van der Waals surface area contributed by atoms with Crippen molar-refractivity contribution in [1.29, 1.82) is 0 Å². The third kappa shape index (κ3) is 3.96. The Morgan fingerprint density at radius 3 is 2.45 bits per heavy atom. The average molecular weight is 431 g/mol. The number of aliphatic hydroxyl groups is 2. The van der Waals surface area contributed by atoms with E-state index in [-0.39, 0.29) is 12.2 Å². The Morgan fingerprint density at radius 1 is 1.03 bits per heavy atom. The van der Waals surface area contributed by atoms with E-state index < -0.39 is 0 Å². The second kappa shape index (κ2) is 8.79. The fourth-order valence-corrected chi connectivity index (χ4v) is 9.25. The summed E-state index contributed by atoms with van der Waals surface area (Å²) in [4.78, 5) is 0. The van der Waals surface area contributed by atoms with Crippen LogP contribution in [-0.4, -0.2) is 22.4 Å². The van der Waals surface area contributed by atoms with E-state index >= 15 is 0 Å².